The number of hydrogen-bond donors (Lipinski definition) is 0. The molecular formula is C14H16O. The summed E-state index contributed by atoms with van der Waals surface area (Å²) in [6, 6.07) is 10.1. The quantitative estimate of drug-likeness (QED) is 0.585. The summed E-state index contributed by atoms with van der Waals surface area (Å²) in [6.45, 7) is 2.12. The minimum absolute atomic E-state index is 0.133. The smallest absolute Gasteiger partial charge is 0.118 e. The van der Waals surface area contributed by atoms with Gasteiger partial charge in [0.25, 0.3) is 0 Å². The molecule has 1 fully saturated rings. The minimum atomic E-state index is 0.133. The van der Waals surface area contributed by atoms with Crippen molar-refractivity contribution in [3.8, 4) is 11.8 Å². The van der Waals surface area contributed by atoms with Crippen LogP contribution in [0, 0.1) is 11.8 Å². The maximum atomic E-state index is 5.73. The van der Waals surface area contributed by atoms with Crippen LogP contribution >= 0.6 is 0 Å². The van der Waals surface area contributed by atoms with Crippen LogP contribution in [-0.4, -0.2) is 12.2 Å². The molecule has 1 aliphatic rings. The van der Waals surface area contributed by atoms with Crippen LogP contribution in [0.1, 0.15) is 31.7 Å². The SMILES string of the molecule is CC1CCCC(C#Cc2ccccc2)O1. The predicted molar refractivity (Wildman–Crippen MR) is 61.5 cm³/mol. The van der Waals surface area contributed by atoms with Crippen LogP contribution in [0.4, 0.5) is 0 Å². The first kappa shape index (κ1) is 10.3. The molecule has 0 spiro atoms. The van der Waals surface area contributed by atoms with Crippen LogP contribution in [0.3, 0.4) is 0 Å². The lowest BCUT2D eigenvalue weighted by molar-refractivity contribution is -0.00908. The van der Waals surface area contributed by atoms with Crippen molar-refractivity contribution in [1.29, 1.82) is 0 Å². The van der Waals surface area contributed by atoms with Gasteiger partial charge in [0, 0.05) is 5.56 Å². The highest BCUT2D eigenvalue weighted by Crippen LogP contribution is 2.17. The highest BCUT2D eigenvalue weighted by molar-refractivity contribution is 5.34. The molecule has 0 bridgehead atoms. The van der Waals surface area contributed by atoms with Crippen LogP contribution in [0.25, 0.3) is 0 Å². The zero-order valence-electron chi connectivity index (χ0n) is 9.07. The van der Waals surface area contributed by atoms with Crippen molar-refractivity contribution in [1.82, 2.24) is 0 Å². The molecule has 1 aliphatic heterocycles. The van der Waals surface area contributed by atoms with Gasteiger partial charge in [0.1, 0.15) is 6.10 Å². The molecule has 0 aliphatic carbocycles. The Morgan fingerprint density at radius 3 is 2.73 bits per heavy atom. The van der Waals surface area contributed by atoms with E-state index in [1.807, 2.05) is 30.3 Å². The van der Waals surface area contributed by atoms with E-state index in [0.29, 0.717) is 6.10 Å². The Bertz CT molecular complexity index is 358. The van der Waals surface area contributed by atoms with Crippen molar-refractivity contribution >= 4 is 0 Å². The van der Waals surface area contributed by atoms with Gasteiger partial charge in [-0.25, -0.2) is 0 Å². The Hall–Kier alpha value is -1.26. The van der Waals surface area contributed by atoms with E-state index in [9.17, 15) is 0 Å². The van der Waals surface area contributed by atoms with Gasteiger partial charge < -0.3 is 4.74 Å². The van der Waals surface area contributed by atoms with E-state index in [1.165, 1.54) is 12.8 Å². The summed E-state index contributed by atoms with van der Waals surface area (Å²) in [5.74, 6) is 6.36. The second kappa shape index (κ2) is 5.00. The van der Waals surface area contributed by atoms with E-state index in [0.717, 1.165) is 12.0 Å². The molecule has 2 unspecified atom stereocenters. The fourth-order valence-electron chi connectivity index (χ4n) is 1.80. The minimum Gasteiger partial charge on any atom is -0.363 e. The van der Waals surface area contributed by atoms with Crippen molar-refractivity contribution in [2.75, 3.05) is 0 Å². The van der Waals surface area contributed by atoms with Gasteiger partial charge in [-0.1, -0.05) is 30.0 Å². The molecule has 1 aromatic carbocycles. The molecular weight excluding hydrogens is 184 g/mol. The standard InChI is InChI=1S/C14H16O/c1-12-6-5-9-14(15-12)11-10-13-7-3-2-4-8-13/h2-4,7-8,12,14H,5-6,9H2,1H3. The first-order valence-corrected chi connectivity index (χ1v) is 5.56. The number of benzene rings is 1. The zero-order valence-corrected chi connectivity index (χ0v) is 9.07. The van der Waals surface area contributed by atoms with E-state index in [4.69, 9.17) is 4.74 Å². The average molecular weight is 200 g/mol. The van der Waals surface area contributed by atoms with Crippen molar-refractivity contribution in [2.45, 2.75) is 38.4 Å². The second-order valence-electron chi connectivity index (χ2n) is 4.00. The molecule has 78 valence electrons. The maximum Gasteiger partial charge on any atom is 0.118 e. The molecule has 1 nitrogen and oxygen atoms in total. The third-order valence-corrected chi connectivity index (χ3v) is 2.62. The lowest BCUT2D eigenvalue weighted by Gasteiger charge is -2.23. The Morgan fingerprint density at radius 1 is 1.20 bits per heavy atom. The molecule has 0 aromatic heterocycles. The first-order chi connectivity index (χ1) is 7.34. The van der Waals surface area contributed by atoms with Crippen LogP contribution < -0.4 is 0 Å². The molecule has 1 heterocycles. The summed E-state index contributed by atoms with van der Waals surface area (Å²) in [5.41, 5.74) is 1.07. The van der Waals surface area contributed by atoms with Gasteiger partial charge >= 0.3 is 0 Å². The van der Waals surface area contributed by atoms with Crippen molar-refractivity contribution < 1.29 is 4.74 Å². The van der Waals surface area contributed by atoms with Crippen LogP contribution in [0.5, 0.6) is 0 Å². The summed E-state index contributed by atoms with van der Waals surface area (Å²) in [4.78, 5) is 0. The molecule has 0 radical (unpaired) electrons. The number of rotatable bonds is 0. The van der Waals surface area contributed by atoms with Crippen molar-refractivity contribution in [3.05, 3.63) is 35.9 Å². The van der Waals surface area contributed by atoms with E-state index in [1.54, 1.807) is 0 Å². The van der Waals surface area contributed by atoms with Gasteiger partial charge in [-0.15, -0.1) is 0 Å². The van der Waals surface area contributed by atoms with E-state index in [2.05, 4.69) is 18.8 Å². The molecule has 15 heavy (non-hydrogen) atoms. The lowest BCUT2D eigenvalue weighted by Crippen LogP contribution is -2.23. The molecule has 1 saturated heterocycles. The Morgan fingerprint density at radius 2 is 2.00 bits per heavy atom. The Kier molecular flexibility index (Phi) is 3.42. The summed E-state index contributed by atoms with van der Waals surface area (Å²) in [7, 11) is 0. The topological polar surface area (TPSA) is 9.23 Å². The zero-order chi connectivity index (χ0) is 10.5. The molecule has 1 aromatic rings. The van der Waals surface area contributed by atoms with Gasteiger partial charge in [0.15, 0.2) is 0 Å². The van der Waals surface area contributed by atoms with Gasteiger partial charge in [-0.3, -0.25) is 0 Å². The Labute approximate surface area is 91.5 Å². The van der Waals surface area contributed by atoms with Gasteiger partial charge in [0.05, 0.1) is 6.10 Å². The van der Waals surface area contributed by atoms with E-state index >= 15 is 0 Å². The van der Waals surface area contributed by atoms with Crippen LogP contribution in [0.15, 0.2) is 30.3 Å². The lowest BCUT2D eigenvalue weighted by atomic mass is 10.1. The molecule has 0 saturated carbocycles. The second-order valence-corrected chi connectivity index (χ2v) is 4.00. The normalized spacial score (nSPS) is 25.4. The van der Waals surface area contributed by atoms with Crippen molar-refractivity contribution in [2.24, 2.45) is 0 Å². The summed E-state index contributed by atoms with van der Waals surface area (Å²) < 4.78 is 5.73. The molecule has 0 N–H and O–H groups in total. The van der Waals surface area contributed by atoms with Crippen molar-refractivity contribution in [3.63, 3.8) is 0 Å². The highest BCUT2D eigenvalue weighted by atomic mass is 16.5. The monoisotopic (exact) mass is 200 g/mol. The third kappa shape index (κ3) is 3.11. The van der Waals surface area contributed by atoms with Crippen LogP contribution in [0.2, 0.25) is 0 Å². The van der Waals surface area contributed by atoms with E-state index in [-0.39, 0.29) is 6.10 Å². The first-order valence-electron chi connectivity index (χ1n) is 5.56. The number of ether oxygens (including phenoxy) is 1. The molecule has 2 rings (SSSR count). The molecule has 2 atom stereocenters. The third-order valence-electron chi connectivity index (χ3n) is 2.62. The summed E-state index contributed by atoms with van der Waals surface area (Å²) in [6.07, 6.45) is 3.98. The van der Waals surface area contributed by atoms with Gasteiger partial charge in [-0.05, 0) is 38.3 Å². The summed E-state index contributed by atoms with van der Waals surface area (Å²) in [5, 5.41) is 0. The fraction of sp³-hybridized carbons (Fsp3) is 0.429. The van der Waals surface area contributed by atoms with Gasteiger partial charge in [-0.2, -0.15) is 0 Å². The molecule has 1 heteroatoms. The summed E-state index contributed by atoms with van der Waals surface area (Å²) >= 11 is 0. The molecule has 0 amide bonds. The maximum absolute atomic E-state index is 5.73. The van der Waals surface area contributed by atoms with E-state index < -0.39 is 0 Å². The van der Waals surface area contributed by atoms with Gasteiger partial charge in [0.2, 0.25) is 0 Å². The predicted octanol–water partition coefficient (Wildman–Crippen LogP) is 3.00. The van der Waals surface area contributed by atoms with Crippen LogP contribution in [-0.2, 0) is 4.74 Å². The fourth-order valence-corrected chi connectivity index (χ4v) is 1.80. The largest absolute Gasteiger partial charge is 0.363 e. The number of hydrogen-bond acceptors (Lipinski definition) is 1. The Balaban J connectivity index is 1.99. The average Bonchev–Trinajstić information content (AvgIpc) is 2.28. The highest BCUT2D eigenvalue weighted by Gasteiger charge is 2.16.